The number of aryl methyl sites for hydroxylation is 1. The number of nitrogens with one attached hydrogen (secondary N) is 1. The Morgan fingerprint density at radius 3 is 3.12 bits per heavy atom. The summed E-state index contributed by atoms with van der Waals surface area (Å²) in [6.07, 6.45) is 5.12. The Morgan fingerprint density at radius 1 is 1.62 bits per heavy atom. The highest BCUT2D eigenvalue weighted by molar-refractivity contribution is 5.97. The summed E-state index contributed by atoms with van der Waals surface area (Å²) in [6, 6.07) is 2.84. The Kier molecular flexibility index (Phi) is 2.32. The summed E-state index contributed by atoms with van der Waals surface area (Å²) < 4.78 is 1.80. The van der Waals surface area contributed by atoms with Crippen LogP contribution in [0.1, 0.15) is 36.7 Å². The molecule has 1 N–H and O–H groups in total. The number of Topliss-reactive ketones (excluding diaryl/α,β-unsaturated/α-hetero) is 1. The maximum Gasteiger partial charge on any atom is 0.185 e. The van der Waals surface area contributed by atoms with Crippen molar-refractivity contribution < 1.29 is 4.79 Å². The predicted molar refractivity (Wildman–Crippen MR) is 60.3 cm³/mol. The van der Waals surface area contributed by atoms with Gasteiger partial charge in [0.15, 0.2) is 5.78 Å². The maximum absolute atomic E-state index is 12.4. The van der Waals surface area contributed by atoms with E-state index in [-0.39, 0.29) is 11.7 Å². The molecule has 2 fully saturated rings. The zero-order valence-corrected chi connectivity index (χ0v) is 9.52. The van der Waals surface area contributed by atoms with Crippen molar-refractivity contribution in [1.82, 2.24) is 15.1 Å². The van der Waals surface area contributed by atoms with E-state index in [1.165, 1.54) is 6.42 Å². The van der Waals surface area contributed by atoms with Crippen LogP contribution in [0.15, 0.2) is 12.3 Å². The second-order valence-electron chi connectivity index (χ2n) is 4.79. The Hall–Kier alpha value is -1.16. The van der Waals surface area contributed by atoms with Crippen molar-refractivity contribution in [2.24, 2.45) is 5.92 Å². The number of hydrogen-bond donors (Lipinski definition) is 1. The van der Waals surface area contributed by atoms with Crippen LogP contribution in [0.2, 0.25) is 0 Å². The smallest absolute Gasteiger partial charge is 0.185 e. The molecule has 0 spiro atoms. The van der Waals surface area contributed by atoms with Crippen molar-refractivity contribution in [3.05, 3.63) is 18.0 Å². The van der Waals surface area contributed by atoms with Crippen LogP contribution in [0, 0.1) is 5.92 Å². The third kappa shape index (κ3) is 1.40. The Balaban J connectivity index is 1.83. The molecule has 16 heavy (non-hydrogen) atoms. The lowest BCUT2D eigenvalue weighted by molar-refractivity contribution is 0.0889. The summed E-state index contributed by atoms with van der Waals surface area (Å²) in [5.41, 5.74) is 0.779. The molecule has 0 aliphatic carbocycles. The average molecular weight is 219 g/mol. The molecule has 0 saturated carbocycles. The number of aromatic nitrogens is 2. The topological polar surface area (TPSA) is 46.9 Å². The third-order valence-electron chi connectivity index (χ3n) is 3.91. The Bertz CT molecular complexity index is 412. The Morgan fingerprint density at radius 2 is 2.50 bits per heavy atom. The van der Waals surface area contributed by atoms with Gasteiger partial charge in [-0.1, -0.05) is 0 Å². The lowest BCUT2D eigenvalue weighted by atomic mass is 9.85. The molecule has 2 aliphatic rings. The van der Waals surface area contributed by atoms with E-state index in [4.69, 9.17) is 0 Å². The van der Waals surface area contributed by atoms with Gasteiger partial charge >= 0.3 is 0 Å². The predicted octanol–water partition coefficient (Wildman–Crippen LogP) is 1.23. The standard InChI is InChI=1S/C12H17N3O/c1-2-15-11(5-6-13-15)12(16)9-7-8-3-4-10(9)14-8/h5-6,8-10,14H,2-4,7H2,1H3. The first kappa shape index (κ1) is 10.0. The molecule has 86 valence electrons. The molecule has 2 bridgehead atoms. The summed E-state index contributed by atoms with van der Waals surface area (Å²) in [5.74, 6) is 0.458. The van der Waals surface area contributed by atoms with E-state index in [1.807, 2.05) is 13.0 Å². The lowest BCUT2D eigenvalue weighted by Gasteiger charge is -2.18. The molecule has 4 nitrogen and oxygen atoms in total. The van der Waals surface area contributed by atoms with Crippen molar-refractivity contribution in [3.8, 4) is 0 Å². The minimum atomic E-state index is 0.181. The van der Waals surface area contributed by atoms with E-state index in [9.17, 15) is 4.79 Å². The molecule has 3 rings (SSSR count). The van der Waals surface area contributed by atoms with Crippen molar-refractivity contribution in [2.45, 2.75) is 44.8 Å². The summed E-state index contributed by atoms with van der Waals surface area (Å²) in [4.78, 5) is 12.4. The molecule has 3 unspecified atom stereocenters. The minimum Gasteiger partial charge on any atom is -0.310 e. The minimum absolute atomic E-state index is 0.181. The maximum atomic E-state index is 12.4. The number of ketones is 1. The van der Waals surface area contributed by atoms with E-state index in [2.05, 4.69) is 10.4 Å². The molecule has 2 saturated heterocycles. The second kappa shape index (κ2) is 3.70. The number of fused-ring (bicyclic) bond motifs is 2. The van der Waals surface area contributed by atoms with Crippen molar-refractivity contribution in [1.29, 1.82) is 0 Å². The van der Waals surface area contributed by atoms with Crippen molar-refractivity contribution >= 4 is 5.78 Å². The first-order valence-electron chi connectivity index (χ1n) is 6.11. The van der Waals surface area contributed by atoms with Gasteiger partial charge in [-0.25, -0.2) is 0 Å². The first-order valence-corrected chi connectivity index (χ1v) is 6.11. The molecule has 1 aromatic rings. The zero-order valence-electron chi connectivity index (χ0n) is 9.52. The van der Waals surface area contributed by atoms with Gasteiger partial charge in [-0.3, -0.25) is 9.48 Å². The van der Waals surface area contributed by atoms with Crippen LogP contribution >= 0.6 is 0 Å². The molecule has 4 heteroatoms. The van der Waals surface area contributed by atoms with Gasteiger partial charge in [0.2, 0.25) is 0 Å². The van der Waals surface area contributed by atoms with Crippen LogP contribution < -0.4 is 5.32 Å². The van der Waals surface area contributed by atoms with Gasteiger partial charge in [0.25, 0.3) is 0 Å². The van der Waals surface area contributed by atoms with Crippen LogP contribution in [0.4, 0.5) is 0 Å². The fourth-order valence-corrected chi connectivity index (χ4v) is 3.10. The molecule has 0 aromatic carbocycles. The van der Waals surface area contributed by atoms with E-state index in [0.29, 0.717) is 12.1 Å². The quantitative estimate of drug-likeness (QED) is 0.778. The molecular formula is C12H17N3O. The molecule has 0 amide bonds. The van der Waals surface area contributed by atoms with Crippen LogP contribution in [-0.2, 0) is 6.54 Å². The van der Waals surface area contributed by atoms with E-state index in [1.54, 1.807) is 10.9 Å². The number of rotatable bonds is 3. The highest BCUT2D eigenvalue weighted by atomic mass is 16.1. The van der Waals surface area contributed by atoms with Gasteiger partial charge in [-0.05, 0) is 32.3 Å². The average Bonchev–Trinajstić information content (AvgIpc) is 3.02. The fraction of sp³-hybridized carbons (Fsp3) is 0.667. The summed E-state index contributed by atoms with van der Waals surface area (Å²) >= 11 is 0. The van der Waals surface area contributed by atoms with Gasteiger partial charge in [0.1, 0.15) is 5.69 Å². The van der Waals surface area contributed by atoms with E-state index in [0.717, 1.165) is 25.1 Å². The normalized spacial score (nSPS) is 32.2. The lowest BCUT2D eigenvalue weighted by Crippen LogP contribution is -2.30. The molecule has 2 aliphatic heterocycles. The number of carbonyl (C=O) groups is 1. The van der Waals surface area contributed by atoms with Crippen LogP contribution in [-0.4, -0.2) is 27.6 Å². The highest BCUT2D eigenvalue weighted by Crippen LogP contribution is 2.35. The zero-order chi connectivity index (χ0) is 11.1. The van der Waals surface area contributed by atoms with Crippen molar-refractivity contribution in [2.75, 3.05) is 0 Å². The van der Waals surface area contributed by atoms with Crippen molar-refractivity contribution in [3.63, 3.8) is 0 Å². The highest BCUT2D eigenvalue weighted by Gasteiger charge is 2.43. The van der Waals surface area contributed by atoms with Gasteiger partial charge < -0.3 is 5.32 Å². The third-order valence-corrected chi connectivity index (χ3v) is 3.91. The van der Waals surface area contributed by atoms with Crippen LogP contribution in [0.3, 0.4) is 0 Å². The largest absolute Gasteiger partial charge is 0.310 e. The van der Waals surface area contributed by atoms with Gasteiger partial charge in [-0.2, -0.15) is 5.10 Å². The molecule has 3 heterocycles. The molecule has 1 aromatic heterocycles. The first-order chi connectivity index (χ1) is 7.79. The summed E-state index contributed by atoms with van der Waals surface area (Å²) in [7, 11) is 0. The summed E-state index contributed by atoms with van der Waals surface area (Å²) in [5, 5.41) is 7.67. The molecule has 3 atom stereocenters. The monoisotopic (exact) mass is 219 g/mol. The number of carbonyl (C=O) groups excluding carboxylic acids is 1. The van der Waals surface area contributed by atoms with Crippen LogP contribution in [0.5, 0.6) is 0 Å². The molecular weight excluding hydrogens is 202 g/mol. The summed E-state index contributed by atoms with van der Waals surface area (Å²) in [6.45, 7) is 2.78. The number of nitrogens with zero attached hydrogens (tertiary/aromatic N) is 2. The fourth-order valence-electron chi connectivity index (χ4n) is 3.10. The second-order valence-corrected chi connectivity index (χ2v) is 4.79. The van der Waals surface area contributed by atoms with E-state index >= 15 is 0 Å². The van der Waals surface area contributed by atoms with Gasteiger partial charge in [0.05, 0.1) is 0 Å². The van der Waals surface area contributed by atoms with Gasteiger partial charge in [0, 0.05) is 30.7 Å². The Labute approximate surface area is 95.0 Å². The molecule has 0 radical (unpaired) electrons. The SMILES string of the molecule is CCn1nccc1C(=O)C1CC2CCC1N2. The van der Waals surface area contributed by atoms with E-state index < -0.39 is 0 Å². The number of hydrogen-bond acceptors (Lipinski definition) is 3. The van der Waals surface area contributed by atoms with Crippen LogP contribution in [0.25, 0.3) is 0 Å². The van der Waals surface area contributed by atoms with Gasteiger partial charge in [-0.15, -0.1) is 0 Å².